The third-order valence-electron chi connectivity index (χ3n) is 3.39. The van der Waals surface area contributed by atoms with Crippen LogP contribution in [0.3, 0.4) is 0 Å². The van der Waals surface area contributed by atoms with Gasteiger partial charge in [-0.05, 0) is 18.2 Å². The van der Waals surface area contributed by atoms with E-state index in [0.29, 0.717) is 29.7 Å². The number of H-pyrrole nitrogens is 1. The number of amides is 1. The second kappa shape index (κ2) is 6.12. The van der Waals surface area contributed by atoms with Gasteiger partial charge in [-0.3, -0.25) is 10.1 Å². The predicted octanol–water partition coefficient (Wildman–Crippen LogP) is 0.912. The summed E-state index contributed by atoms with van der Waals surface area (Å²) in [7, 11) is 1.27. The number of nitrogens with zero attached hydrogens (tertiary/aromatic N) is 1. The first-order valence-corrected chi connectivity index (χ1v) is 6.88. The molecular formula is C14H16N4O4. The van der Waals surface area contributed by atoms with Crippen LogP contribution in [0.1, 0.15) is 10.4 Å². The van der Waals surface area contributed by atoms with Crippen LogP contribution in [0, 0.1) is 0 Å². The molecule has 1 amide bonds. The average molecular weight is 304 g/mol. The molecule has 0 bridgehead atoms. The monoisotopic (exact) mass is 304 g/mol. The number of nitrogens with one attached hydrogen (secondary N) is 3. The largest absolute Gasteiger partial charge is 0.453 e. The Balaban J connectivity index is 1.82. The minimum atomic E-state index is -0.614. The van der Waals surface area contributed by atoms with Crippen LogP contribution in [-0.2, 0) is 9.47 Å². The Labute approximate surface area is 126 Å². The van der Waals surface area contributed by atoms with Crippen molar-refractivity contribution in [3.8, 4) is 0 Å². The number of methoxy groups -OCH3 is 1. The molecule has 1 aliphatic heterocycles. The summed E-state index contributed by atoms with van der Waals surface area (Å²) >= 11 is 0. The van der Waals surface area contributed by atoms with Crippen LogP contribution < -0.4 is 10.6 Å². The van der Waals surface area contributed by atoms with Gasteiger partial charge in [-0.1, -0.05) is 0 Å². The number of carbonyl (C=O) groups excluding carboxylic acids is 2. The lowest BCUT2D eigenvalue weighted by Crippen LogP contribution is -2.43. The summed E-state index contributed by atoms with van der Waals surface area (Å²) in [6.45, 7) is 1.78. The first-order chi connectivity index (χ1) is 10.7. The van der Waals surface area contributed by atoms with Gasteiger partial charge in [-0.2, -0.15) is 0 Å². The molecule has 3 rings (SSSR count). The molecule has 0 radical (unpaired) electrons. The fourth-order valence-electron chi connectivity index (χ4n) is 2.29. The molecule has 8 heteroatoms. The van der Waals surface area contributed by atoms with Gasteiger partial charge < -0.3 is 19.8 Å². The van der Waals surface area contributed by atoms with Crippen molar-refractivity contribution in [2.75, 3.05) is 32.1 Å². The Morgan fingerprint density at radius 3 is 3.05 bits per heavy atom. The summed E-state index contributed by atoms with van der Waals surface area (Å²) in [4.78, 5) is 30.7. The quantitative estimate of drug-likeness (QED) is 0.728. The van der Waals surface area contributed by atoms with Crippen molar-refractivity contribution < 1.29 is 19.1 Å². The zero-order valence-corrected chi connectivity index (χ0v) is 12.0. The number of aromatic amines is 1. The molecule has 1 aromatic heterocycles. The molecule has 0 saturated carbocycles. The number of Topliss-reactive ketones (excluding diaryl/α,β-unsaturated/α-hetero) is 1. The SMILES string of the molecule is COC(=O)Nc1nc2cc(C(=O)C3CNCCO3)ccc2[nH]1. The second-order valence-electron chi connectivity index (χ2n) is 4.86. The van der Waals surface area contributed by atoms with E-state index in [9.17, 15) is 9.59 Å². The van der Waals surface area contributed by atoms with Crippen LogP contribution >= 0.6 is 0 Å². The molecular weight excluding hydrogens is 288 g/mol. The van der Waals surface area contributed by atoms with Crippen LogP contribution in [0.15, 0.2) is 18.2 Å². The number of morpholine rings is 1. The lowest BCUT2D eigenvalue weighted by atomic mass is 10.0. The highest BCUT2D eigenvalue weighted by molar-refractivity contribution is 6.02. The molecule has 116 valence electrons. The van der Waals surface area contributed by atoms with E-state index in [4.69, 9.17) is 4.74 Å². The molecule has 0 spiro atoms. The topological polar surface area (TPSA) is 105 Å². The van der Waals surface area contributed by atoms with Gasteiger partial charge in [0.05, 0.1) is 24.8 Å². The van der Waals surface area contributed by atoms with Crippen LogP contribution in [0.25, 0.3) is 11.0 Å². The van der Waals surface area contributed by atoms with Gasteiger partial charge in [-0.15, -0.1) is 0 Å². The number of carbonyl (C=O) groups is 2. The lowest BCUT2D eigenvalue weighted by molar-refractivity contribution is 0.0269. The molecule has 1 unspecified atom stereocenters. The van der Waals surface area contributed by atoms with Gasteiger partial charge in [0.2, 0.25) is 5.95 Å². The van der Waals surface area contributed by atoms with Crippen LogP contribution in [0.4, 0.5) is 10.7 Å². The summed E-state index contributed by atoms with van der Waals surface area (Å²) < 4.78 is 9.97. The number of benzene rings is 1. The molecule has 1 aromatic carbocycles. The summed E-state index contributed by atoms with van der Waals surface area (Å²) in [5.41, 5.74) is 1.82. The number of fused-ring (bicyclic) bond motifs is 1. The number of ether oxygens (including phenoxy) is 2. The maximum Gasteiger partial charge on any atom is 0.413 e. The van der Waals surface area contributed by atoms with Crippen molar-refractivity contribution in [2.45, 2.75) is 6.10 Å². The standard InChI is InChI=1S/C14H16N4O4/c1-21-14(20)18-13-16-9-3-2-8(6-10(9)17-13)12(19)11-7-15-4-5-22-11/h2-3,6,11,15H,4-5,7H2,1H3,(H2,16,17,18,20). The summed E-state index contributed by atoms with van der Waals surface area (Å²) in [5.74, 6) is 0.182. The molecule has 8 nitrogen and oxygen atoms in total. The van der Waals surface area contributed by atoms with E-state index in [2.05, 4.69) is 25.3 Å². The highest BCUT2D eigenvalue weighted by Crippen LogP contribution is 2.18. The number of anilines is 1. The summed E-state index contributed by atoms with van der Waals surface area (Å²) in [6, 6.07) is 5.13. The van der Waals surface area contributed by atoms with Gasteiger partial charge in [0.15, 0.2) is 5.78 Å². The van der Waals surface area contributed by atoms with E-state index >= 15 is 0 Å². The van der Waals surface area contributed by atoms with Crippen molar-refractivity contribution in [3.05, 3.63) is 23.8 Å². The van der Waals surface area contributed by atoms with Gasteiger partial charge in [0.1, 0.15) is 6.10 Å². The molecule has 22 heavy (non-hydrogen) atoms. The zero-order valence-electron chi connectivity index (χ0n) is 12.0. The fourth-order valence-corrected chi connectivity index (χ4v) is 2.29. The maximum absolute atomic E-state index is 12.4. The highest BCUT2D eigenvalue weighted by atomic mass is 16.5. The van der Waals surface area contributed by atoms with E-state index in [1.165, 1.54) is 7.11 Å². The first kappa shape index (κ1) is 14.5. The van der Waals surface area contributed by atoms with Gasteiger partial charge in [0, 0.05) is 18.7 Å². The Bertz CT molecular complexity index is 706. The van der Waals surface area contributed by atoms with Crippen molar-refractivity contribution in [1.29, 1.82) is 0 Å². The number of imidazole rings is 1. The molecule has 2 aromatic rings. The number of hydrogen-bond acceptors (Lipinski definition) is 6. The minimum absolute atomic E-state index is 0.0837. The fraction of sp³-hybridized carbons (Fsp3) is 0.357. The van der Waals surface area contributed by atoms with Crippen LogP contribution in [-0.4, -0.2) is 54.8 Å². The molecule has 2 heterocycles. The molecule has 3 N–H and O–H groups in total. The van der Waals surface area contributed by atoms with Gasteiger partial charge >= 0.3 is 6.09 Å². The van der Waals surface area contributed by atoms with E-state index in [0.717, 1.165) is 6.54 Å². The molecule has 1 saturated heterocycles. The van der Waals surface area contributed by atoms with Crippen molar-refractivity contribution >= 4 is 28.9 Å². The highest BCUT2D eigenvalue weighted by Gasteiger charge is 2.23. The summed E-state index contributed by atoms with van der Waals surface area (Å²) in [5, 5.41) is 5.57. The third-order valence-corrected chi connectivity index (χ3v) is 3.39. The van der Waals surface area contributed by atoms with E-state index in [1.807, 2.05) is 0 Å². The number of hydrogen-bond donors (Lipinski definition) is 3. The first-order valence-electron chi connectivity index (χ1n) is 6.88. The molecule has 1 atom stereocenters. The maximum atomic E-state index is 12.4. The Kier molecular flexibility index (Phi) is 4.03. The number of aromatic nitrogens is 2. The van der Waals surface area contributed by atoms with Crippen LogP contribution in [0.5, 0.6) is 0 Å². The Hall–Kier alpha value is -2.45. The Morgan fingerprint density at radius 2 is 2.32 bits per heavy atom. The summed E-state index contributed by atoms with van der Waals surface area (Å²) in [6.07, 6.45) is -1.09. The average Bonchev–Trinajstić information content (AvgIpc) is 2.96. The predicted molar refractivity (Wildman–Crippen MR) is 79.1 cm³/mol. The van der Waals surface area contributed by atoms with Crippen molar-refractivity contribution in [3.63, 3.8) is 0 Å². The zero-order chi connectivity index (χ0) is 15.5. The molecule has 1 fully saturated rings. The number of rotatable bonds is 3. The molecule has 0 aliphatic carbocycles. The van der Waals surface area contributed by atoms with Gasteiger partial charge in [-0.25, -0.2) is 9.78 Å². The van der Waals surface area contributed by atoms with Crippen molar-refractivity contribution in [2.24, 2.45) is 0 Å². The Morgan fingerprint density at radius 1 is 1.45 bits per heavy atom. The second-order valence-corrected chi connectivity index (χ2v) is 4.86. The van der Waals surface area contributed by atoms with Crippen LogP contribution in [0.2, 0.25) is 0 Å². The molecule has 1 aliphatic rings. The lowest BCUT2D eigenvalue weighted by Gasteiger charge is -2.22. The van der Waals surface area contributed by atoms with Gasteiger partial charge in [0.25, 0.3) is 0 Å². The smallest absolute Gasteiger partial charge is 0.413 e. The third kappa shape index (κ3) is 2.92. The van der Waals surface area contributed by atoms with Crippen molar-refractivity contribution in [1.82, 2.24) is 15.3 Å². The van der Waals surface area contributed by atoms with E-state index < -0.39 is 12.2 Å². The number of ketones is 1. The van der Waals surface area contributed by atoms with E-state index in [1.54, 1.807) is 18.2 Å². The normalized spacial score (nSPS) is 18.1. The van der Waals surface area contributed by atoms with E-state index in [-0.39, 0.29) is 11.7 Å². The minimum Gasteiger partial charge on any atom is -0.453 e.